The summed E-state index contributed by atoms with van der Waals surface area (Å²) in [6.45, 7) is 3.38. The van der Waals surface area contributed by atoms with E-state index >= 15 is 0 Å². The van der Waals surface area contributed by atoms with Gasteiger partial charge in [-0.1, -0.05) is 31.4 Å². The Hall–Kier alpha value is -1.06. The minimum atomic E-state index is 0.0962. The minimum Gasteiger partial charge on any atom is -0.497 e. The van der Waals surface area contributed by atoms with E-state index in [1.807, 2.05) is 12.1 Å². The lowest BCUT2D eigenvalue weighted by atomic mass is 9.74. The Morgan fingerprint density at radius 1 is 1.20 bits per heavy atom. The van der Waals surface area contributed by atoms with E-state index in [-0.39, 0.29) is 5.41 Å². The molecule has 0 aliphatic heterocycles. The van der Waals surface area contributed by atoms with Gasteiger partial charge in [-0.05, 0) is 37.5 Å². The second-order valence-corrected chi connectivity index (χ2v) is 6.09. The Morgan fingerprint density at radius 2 is 1.85 bits per heavy atom. The standard InChI is InChI=1S/C17H27NO2/c1-14(15-6-8-16(20-2)9-7-15)18-12-17(13-19)10-4-3-5-11-17/h6-9,14,18-19H,3-5,10-13H2,1-2H3/t14-/m0/s1. The maximum Gasteiger partial charge on any atom is 0.118 e. The summed E-state index contributed by atoms with van der Waals surface area (Å²) in [5, 5.41) is 13.3. The molecule has 1 aromatic carbocycles. The molecule has 2 N–H and O–H groups in total. The highest BCUT2D eigenvalue weighted by atomic mass is 16.5. The van der Waals surface area contributed by atoms with Crippen molar-refractivity contribution in [3.63, 3.8) is 0 Å². The van der Waals surface area contributed by atoms with Gasteiger partial charge in [0, 0.05) is 24.6 Å². The highest BCUT2D eigenvalue weighted by Crippen LogP contribution is 2.35. The fourth-order valence-electron chi connectivity index (χ4n) is 3.07. The normalized spacial score (nSPS) is 19.6. The molecule has 0 radical (unpaired) electrons. The van der Waals surface area contributed by atoms with E-state index in [4.69, 9.17) is 4.74 Å². The van der Waals surface area contributed by atoms with Gasteiger partial charge in [-0.15, -0.1) is 0 Å². The second-order valence-electron chi connectivity index (χ2n) is 6.09. The van der Waals surface area contributed by atoms with Gasteiger partial charge < -0.3 is 15.2 Å². The Bertz CT molecular complexity index is 396. The fourth-order valence-corrected chi connectivity index (χ4v) is 3.07. The van der Waals surface area contributed by atoms with Crippen LogP contribution in [0.2, 0.25) is 0 Å². The lowest BCUT2D eigenvalue weighted by Gasteiger charge is -2.36. The summed E-state index contributed by atoms with van der Waals surface area (Å²) in [6, 6.07) is 8.49. The van der Waals surface area contributed by atoms with Gasteiger partial charge in [-0.2, -0.15) is 0 Å². The summed E-state index contributed by atoms with van der Waals surface area (Å²) >= 11 is 0. The number of methoxy groups -OCH3 is 1. The molecule has 0 heterocycles. The highest BCUT2D eigenvalue weighted by Gasteiger charge is 2.31. The Kier molecular flexibility index (Phi) is 5.44. The molecule has 1 aliphatic carbocycles. The third-order valence-corrected chi connectivity index (χ3v) is 4.65. The highest BCUT2D eigenvalue weighted by molar-refractivity contribution is 5.28. The van der Waals surface area contributed by atoms with E-state index < -0.39 is 0 Å². The predicted molar refractivity (Wildman–Crippen MR) is 82.0 cm³/mol. The van der Waals surface area contributed by atoms with Gasteiger partial charge >= 0.3 is 0 Å². The van der Waals surface area contributed by atoms with Crippen LogP contribution in [0, 0.1) is 5.41 Å². The predicted octanol–water partition coefficient (Wildman–Crippen LogP) is 3.29. The van der Waals surface area contributed by atoms with Gasteiger partial charge in [0.15, 0.2) is 0 Å². The Balaban J connectivity index is 1.91. The van der Waals surface area contributed by atoms with Crippen LogP contribution >= 0.6 is 0 Å². The maximum absolute atomic E-state index is 9.74. The summed E-state index contributed by atoms with van der Waals surface area (Å²) in [5.74, 6) is 0.889. The number of benzene rings is 1. The molecule has 1 saturated carbocycles. The molecule has 0 spiro atoms. The summed E-state index contributed by atoms with van der Waals surface area (Å²) in [7, 11) is 1.69. The average Bonchev–Trinajstić information content (AvgIpc) is 2.53. The van der Waals surface area contributed by atoms with Crippen molar-refractivity contribution >= 4 is 0 Å². The first kappa shape index (κ1) is 15.3. The molecule has 3 heteroatoms. The van der Waals surface area contributed by atoms with Gasteiger partial charge in [-0.25, -0.2) is 0 Å². The molecule has 1 aromatic rings. The molecule has 0 amide bonds. The quantitative estimate of drug-likeness (QED) is 0.838. The number of ether oxygens (including phenoxy) is 1. The molecule has 3 nitrogen and oxygen atoms in total. The van der Waals surface area contributed by atoms with Gasteiger partial charge in [-0.3, -0.25) is 0 Å². The minimum absolute atomic E-state index is 0.0962. The van der Waals surface area contributed by atoms with E-state index in [9.17, 15) is 5.11 Å². The summed E-state index contributed by atoms with van der Waals surface area (Å²) < 4.78 is 5.18. The number of hydrogen-bond acceptors (Lipinski definition) is 3. The Morgan fingerprint density at radius 3 is 2.40 bits per heavy atom. The Labute approximate surface area is 122 Å². The largest absolute Gasteiger partial charge is 0.497 e. The van der Waals surface area contributed by atoms with Crippen molar-refractivity contribution < 1.29 is 9.84 Å². The molecule has 0 aromatic heterocycles. The fraction of sp³-hybridized carbons (Fsp3) is 0.647. The molecule has 112 valence electrons. The van der Waals surface area contributed by atoms with Gasteiger partial charge in [0.1, 0.15) is 5.75 Å². The van der Waals surface area contributed by atoms with Gasteiger partial charge in [0.25, 0.3) is 0 Å². The monoisotopic (exact) mass is 277 g/mol. The molecular weight excluding hydrogens is 250 g/mol. The van der Waals surface area contributed by atoms with Crippen LogP contribution in [0.15, 0.2) is 24.3 Å². The van der Waals surface area contributed by atoms with Gasteiger partial charge in [0.2, 0.25) is 0 Å². The SMILES string of the molecule is COc1ccc([C@H](C)NCC2(CO)CCCCC2)cc1. The van der Waals surface area contributed by atoms with Crippen LogP contribution in [0.1, 0.15) is 50.6 Å². The molecular formula is C17H27NO2. The molecule has 0 bridgehead atoms. The van der Waals surface area contributed by atoms with Crippen LogP contribution in [0.5, 0.6) is 5.75 Å². The number of rotatable bonds is 6. The van der Waals surface area contributed by atoms with E-state index in [0.29, 0.717) is 12.6 Å². The zero-order valence-corrected chi connectivity index (χ0v) is 12.7. The summed E-state index contributed by atoms with van der Waals surface area (Å²) in [5.41, 5.74) is 1.36. The molecule has 20 heavy (non-hydrogen) atoms. The zero-order chi connectivity index (χ0) is 14.4. The third kappa shape index (κ3) is 3.74. The molecule has 0 unspecified atom stereocenters. The van der Waals surface area contributed by atoms with Crippen molar-refractivity contribution in [1.82, 2.24) is 5.32 Å². The summed E-state index contributed by atoms with van der Waals surface area (Å²) in [6.07, 6.45) is 6.10. The number of aliphatic hydroxyl groups excluding tert-OH is 1. The second kappa shape index (κ2) is 7.09. The number of aliphatic hydroxyl groups is 1. The third-order valence-electron chi connectivity index (χ3n) is 4.65. The van der Waals surface area contributed by atoms with Crippen molar-refractivity contribution in [3.05, 3.63) is 29.8 Å². The van der Waals surface area contributed by atoms with Crippen LogP contribution in [0.25, 0.3) is 0 Å². The van der Waals surface area contributed by atoms with E-state index in [2.05, 4.69) is 24.4 Å². The van der Waals surface area contributed by atoms with Crippen molar-refractivity contribution in [1.29, 1.82) is 0 Å². The molecule has 2 rings (SSSR count). The first-order chi connectivity index (χ1) is 9.69. The van der Waals surface area contributed by atoms with Gasteiger partial charge in [0.05, 0.1) is 7.11 Å². The van der Waals surface area contributed by atoms with E-state index in [1.165, 1.54) is 24.8 Å². The first-order valence-electron chi connectivity index (χ1n) is 7.67. The topological polar surface area (TPSA) is 41.5 Å². The number of nitrogens with one attached hydrogen (secondary N) is 1. The van der Waals surface area contributed by atoms with Crippen LogP contribution in [0.3, 0.4) is 0 Å². The molecule has 0 saturated heterocycles. The van der Waals surface area contributed by atoms with E-state index in [0.717, 1.165) is 25.1 Å². The smallest absolute Gasteiger partial charge is 0.118 e. The molecule has 1 fully saturated rings. The number of hydrogen-bond donors (Lipinski definition) is 2. The van der Waals surface area contributed by atoms with Crippen molar-refractivity contribution in [3.8, 4) is 5.75 Å². The summed E-state index contributed by atoms with van der Waals surface area (Å²) in [4.78, 5) is 0. The maximum atomic E-state index is 9.74. The van der Waals surface area contributed by atoms with E-state index in [1.54, 1.807) is 7.11 Å². The van der Waals surface area contributed by atoms with Crippen LogP contribution in [0.4, 0.5) is 0 Å². The van der Waals surface area contributed by atoms with Crippen molar-refractivity contribution in [2.24, 2.45) is 5.41 Å². The lowest BCUT2D eigenvalue weighted by Crippen LogP contribution is -2.39. The zero-order valence-electron chi connectivity index (χ0n) is 12.7. The van der Waals surface area contributed by atoms with Crippen molar-refractivity contribution in [2.75, 3.05) is 20.3 Å². The molecule has 1 atom stereocenters. The average molecular weight is 277 g/mol. The lowest BCUT2D eigenvalue weighted by molar-refractivity contribution is 0.0789. The molecule has 1 aliphatic rings. The van der Waals surface area contributed by atoms with Crippen LogP contribution in [-0.2, 0) is 0 Å². The first-order valence-corrected chi connectivity index (χ1v) is 7.67. The van der Waals surface area contributed by atoms with Crippen LogP contribution < -0.4 is 10.1 Å². The van der Waals surface area contributed by atoms with Crippen LogP contribution in [-0.4, -0.2) is 25.4 Å². The van der Waals surface area contributed by atoms with Crippen molar-refractivity contribution in [2.45, 2.75) is 45.1 Å².